The maximum Gasteiger partial charge on any atom is 0.306 e. The zero-order valence-corrected chi connectivity index (χ0v) is 43.2. The second-order valence-electron chi connectivity index (χ2n) is 18.1. The Morgan fingerprint density at radius 1 is 0.333 bits per heavy atom. The first-order valence-electron chi connectivity index (χ1n) is 27.6. The van der Waals surface area contributed by atoms with Gasteiger partial charge in [-0.15, -0.1) is 0 Å². The molecule has 0 bridgehead atoms. The number of rotatable bonds is 49. The quantitative estimate of drug-likeness (QED) is 0.0199. The molecule has 0 heterocycles. The molecule has 0 aromatic heterocycles. The van der Waals surface area contributed by atoms with Crippen LogP contribution in [0.25, 0.3) is 0 Å². The van der Waals surface area contributed by atoms with Gasteiger partial charge in [0.2, 0.25) is 0 Å². The Morgan fingerprint density at radius 3 is 1.02 bits per heavy atom. The lowest BCUT2D eigenvalue weighted by molar-refractivity contribution is -0.167. The lowest BCUT2D eigenvalue weighted by atomic mass is 10.1. The number of hydrogen-bond acceptors (Lipinski definition) is 6. The van der Waals surface area contributed by atoms with Gasteiger partial charge < -0.3 is 14.2 Å². The zero-order chi connectivity index (χ0) is 47.9. The summed E-state index contributed by atoms with van der Waals surface area (Å²) in [6.45, 7) is 6.39. The van der Waals surface area contributed by atoms with Crippen LogP contribution in [0, 0.1) is 0 Å². The van der Waals surface area contributed by atoms with E-state index in [0.29, 0.717) is 19.3 Å². The topological polar surface area (TPSA) is 78.9 Å². The van der Waals surface area contributed by atoms with E-state index < -0.39 is 6.10 Å². The van der Waals surface area contributed by atoms with Gasteiger partial charge in [-0.1, -0.05) is 221 Å². The second kappa shape index (κ2) is 54.2. The lowest BCUT2D eigenvalue weighted by Gasteiger charge is -2.18. The summed E-state index contributed by atoms with van der Waals surface area (Å²) in [6, 6.07) is 0. The normalized spacial score (nSPS) is 12.7. The van der Waals surface area contributed by atoms with E-state index in [1.54, 1.807) is 0 Å². The van der Waals surface area contributed by atoms with Gasteiger partial charge in [0.1, 0.15) is 13.2 Å². The summed E-state index contributed by atoms with van der Waals surface area (Å²) in [7, 11) is 0. The van der Waals surface area contributed by atoms with Gasteiger partial charge in [0.05, 0.1) is 0 Å². The van der Waals surface area contributed by atoms with Crippen LogP contribution < -0.4 is 0 Å². The third-order valence-electron chi connectivity index (χ3n) is 11.6. The minimum absolute atomic E-state index is 0.0916. The number of allylic oxidation sites excluding steroid dienone is 14. The Balaban J connectivity index is 4.44. The van der Waals surface area contributed by atoms with Crippen molar-refractivity contribution in [2.45, 2.75) is 264 Å². The van der Waals surface area contributed by atoms with Crippen molar-refractivity contribution in [1.82, 2.24) is 0 Å². The fourth-order valence-corrected chi connectivity index (χ4v) is 7.54. The molecule has 0 radical (unpaired) electrons. The average Bonchev–Trinajstić information content (AvgIpc) is 3.31. The SMILES string of the molecule is CC/C=C\C/C=C\C/C=C\CCCCCCCCC(=O)OC(COC(=O)CCCCCCC/C=C\C=C/CCCCCCCCC)COC(=O)CCCCCCCCC/C=C\C/C=C\CC. The number of ether oxygens (including phenoxy) is 3. The van der Waals surface area contributed by atoms with Gasteiger partial charge in [-0.05, 0) is 103 Å². The van der Waals surface area contributed by atoms with Gasteiger partial charge in [-0.25, -0.2) is 0 Å². The molecule has 0 fully saturated rings. The summed E-state index contributed by atoms with van der Waals surface area (Å²) in [6.07, 6.45) is 69.9. The minimum atomic E-state index is -0.794. The molecular weight excluding hydrogens is 817 g/mol. The molecule has 0 aromatic carbocycles. The lowest BCUT2D eigenvalue weighted by Crippen LogP contribution is -2.30. The highest BCUT2D eigenvalue weighted by molar-refractivity contribution is 5.71. The van der Waals surface area contributed by atoms with Crippen LogP contribution in [-0.4, -0.2) is 37.2 Å². The average molecular weight is 919 g/mol. The Morgan fingerprint density at radius 2 is 0.636 bits per heavy atom. The second-order valence-corrected chi connectivity index (χ2v) is 18.1. The first-order chi connectivity index (χ1) is 32.5. The van der Waals surface area contributed by atoms with Gasteiger partial charge in [0, 0.05) is 19.3 Å². The van der Waals surface area contributed by atoms with E-state index in [-0.39, 0.29) is 31.1 Å². The van der Waals surface area contributed by atoms with Crippen molar-refractivity contribution in [3.63, 3.8) is 0 Å². The molecule has 6 heteroatoms. The molecule has 0 aliphatic heterocycles. The highest BCUT2D eigenvalue weighted by atomic mass is 16.6. The maximum atomic E-state index is 12.8. The van der Waals surface area contributed by atoms with Gasteiger partial charge >= 0.3 is 17.9 Å². The molecule has 0 N–H and O–H groups in total. The largest absolute Gasteiger partial charge is 0.462 e. The van der Waals surface area contributed by atoms with Crippen molar-refractivity contribution in [1.29, 1.82) is 0 Å². The number of carbonyl (C=O) groups is 3. The predicted molar refractivity (Wildman–Crippen MR) is 284 cm³/mol. The summed E-state index contributed by atoms with van der Waals surface area (Å²) in [4.78, 5) is 38.1. The third-order valence-corrected chi connectivity index (χ3v) is 11.6. The van der Waals surface area contributed by atoms with Crippen molar-refractivity contribution >= 4 is 17.9 Å². The molecule has 0 spiro atoms. The van der Waals surface area contributed by atoms with Crippen LogP contribution in [0.1, 0.15) is 258 Å². The molecule has 0 aromatic rings. The monoisotopic (exact) mass is 919 g/mol. The molecule has 0 amide bonds. The smallest absolute Gasteiger partial charge is 0.306 e. The molecule has 66 heavy (non-hydrogen) atoms. The van der Waals surface area contributed by atoms with Gasteiger partial charge in [-0.2, -0.15) is 0 Å². The van der Waals surface area contributed by atoms with Gasteiger partial charge in [-0.3, -0.25) is 14.4 Å². The Kier molecular flexibility index (Phi) is 51.4. The molecule has 1 unspecified atom stereocenters. The van der Waals surface area contributed by atoms with Crippen LogP contribution in [0.5, 0.6) is 0 Å². The summed E-state index contributed by atoms with van der Waals surface area (Å²) in [5.41, 5.74) is 0. The van der Waals surface area contributed by atoms with Gasteiger partial charge in [0.15, 0.2) is 6.10 Å². The van der Waals surface area contributed by atoms with Crippen molar-refractivity contribution < 1.29 is 28.6 Å². The van der Waals surface area contributed by atoms with E-state index in [2.05, 4.69) is 106 Å². The summed E-state index contributed by atoms with van der Waals surface area (Å²) in [5.74, 6) is -0.925. The Labute approximate surface area is 407 Å². The molecular formula is C60H102O6. The molecule has 0 saturated heterocycles. The van der Waals surface area contributed by atoms with Crippen LogP contribution in [0.2, 0.25) is 0 Å². The number of esters is 3. The van der Waals surface area contributed by atoms with E-state index >= 15 is 0 Å². The number of unbranched alkanes of at least 4 members (excludes halogenated alkanes) is 25. The molecule has 0 rings (SSSR count). The Bertz CT molecular complexity index is 1290. The predicted octanol–water partition coefficient (Wildman–Crippen LogP) is 18.4. The van der Waals surface area contributed by atoms with Crippen LogP contribution in [0.15, 0.2) is 85.1 Å². The fourth-order valence-electron chi connectivity index (χ4n) is 7.54. The van der Waals surface area contributed by atoms with Gasteiger partial charge in [0.25, 0.3) is 0 Å². The van der Waals surface area contributed by atoms with E-state index in [9.17, 15) is 14.4 Å². The van der Waals surface area contributed by atoms with Crippen molar-refractivity contribution in [2.75, 3.05) is 13.2 Å². The van der Waals surface area contributed by atoms with E-state index in [4.69, 9.17) is 14.2 Å². The molecule has 0 saturated carbocycles. The minimum Gasteiger partial charge on any atom is -0.462 e. The molecule has 0 aliphatic rings. The van der Waals surface area contributed by atoms with E-state index in [1.165, 1.54) is 89.9 Å². The van der Waals surface area contributed by atoms with Crippen LogP contribution in [-0.2, 0) is 28.6 Å². The molecule has 1 atom stereocenters. The molecule has 0 aliphatic carbocycles. The van der Waals surface area contributed by atoms with E-state index in [1.807, 2.05) is 0 Å². The summed E-state index contributed by atoms with van der Waals surface area (Å²) >= 11 is 0. The van der Waals surface area contributed by atoms with E-state index in [0.717, 1.165) is 128 Å². The maximum absolute atomic E-state index is 12.8. The van der Waals surface area contributed by atoms with Crippen LogP contribution in [0.3, 0.4) is 0 Å². The van der Waals surface area contributed by atoms with Crippen molar-refractivity contribution in [3.05, 3.63) is 85.1 Å². The van der Waals surface area contributed by atoms with Crippen molar-refractivity contribution in [2.24, 2.45) is 0 Å². The highest BCUT2D eigenvalue weighted by Crippen LogP contribution is 2.14. The Hall–Kier alpha value is -3.41. The third kappa shape index (κ3) is 51.6. The number of carbonyl (C=O) groups excluding carboxylic acids is 3. The first-order valence-corrected chi connectivity index (χ1v) is 27.6. The standard InChI is InChI=1S/C60H102O6/c1-4-7-10-13-16-19-22-25-28-30-31-33-35-38-41-44-47-50-53-59(62)65-56-57(55-64-58(61)52-49-46-43-40-37-34-27-24-21-18-15-12-9-6-3)66-60(63)54-51-48-45-42-39-36-32-29-26-23-20-17-14-11-8-5-2/h8-9,11-12,17-18,20-21,26,28-31,33,57H,4-7,10,13-16,19,22-25,27,32,34-56H2,1-3H3/b11-8-,12-9-,20-17-,21-18-,29-26-,30-28-,33-31-. The molecule has 6 nitrogen and oxygen atoms in total. The molecule has 378 valence electrons. The fraction of sp³-hybridized carbons (Fsp3) is 0.717. The van der Waals surface area contributed by atoms with Crippen LogP contribution >= 0.6 is 0 Å². The van der Waals surface area contributed by atoms with Crippen LogP contribution in [0.4, 0.5) is 0 Å². The zero-order valence-electron chi connectivity index (χ0n) is 43.2. The summed E-state index contributed by atoms with van der Waals surface area (Å²) in [5, 5.41) is 0. The van der Waals surface area contributed by atoms with Crippen molar-refractivity contribution in [3.8, 4) is 0 Å². The highest BCUT2D eigenvalue weighted by Gasteiger charge is 2.19. The first kappa shape index (κ1) is 62.6. The number of hydrogen-bond donors (Lipinski definition) is 0. The summed E-state index contributed by atoms with van der Waals surface area (Å²) < 4.78 is 16.8.